The van der Waals surface area contributed by atoms with Crippen molar-refractivity contribution in [1.82, 2.24) is 15.1 Å². The molecule has 2 amide bonds. The maximum atomic E-state index is 12.2. The van der Waals surface area contributed by atoms with E-state index >= 15 is 0 Å². The highest BCUT2D eigenvalue weighted by Gasteiger charge is 2.12. The zero-order valence-electron chi connectivity index (χ0n) is 14.1. The number of amides is 2. The Morgan fingerprint density at radius 1 is 1.14 bits per heavy atom. The zero-order valence-corrected chi connectivity index (χ0v) is 14.1. The van der Waals surface area contributed by atoms with E-state index in [-0.39, 0.29) is 11.8 Å². The fourth-order valence-corrected chi connectivity index (χ4v) is 2.18. The number of hydrogen-bond donors (Lipinski definition) is 1. The van der Waals surface area contributed by atoms with Crippen LogP contribution in [0.2, 0.25) is 0 Å². The van der Waals surface area contributed by atoms with E-state index in [1.807, 2.05) is 43.1 Å². The predicted molar refractivity (Wildman–Crippen MR) is 88.7 cm³/mol. The fourth-order valence-electron chi connectivity index (χ4n) is 2.18. The van der Waals surface area contributed by atoms with Crippen molar-refractivity contribution >= 4 is 11.8 Å². The number of nitrogens with one attached hydrogen (secondary N) is 1. The lowest BCUT2D eigenvalue weighted by atomic mass is 10.1. The molecule has 0 aliphatic carbocycles. The maximum absolute atomic E-state index is 12.2. The van der Waals surface area contributed by atoms with Crippen molar-refractivity contribution in [2.75, 3.05) is 34.2 Å². The molecular weight excluding hydrogens is 278 g/mol. The summed E-state index contributed by atoms with van der Waals surface area (Å²) in [7, 11) is 5.36. The third-order valence-corrected chi connectivity index (χ3v) is 3.53. The van der Waals surface area contributed by atoms with E-state index in [4.69, 9.17) is 0 Å². The zero-order chi connectivity index (χ0) is 16.5. The van der Waals surface area contributed by atoms with E-state index in [0.29, 0.717) is 25.1 Å². The van der Waals surface area contributed by atoms with Crippen molar-refractivity contribution in [3.63, 3.8) is 0 Å². The van der Waals surface area contributed by atoms with Crippen LogP contribution in [0.1, 0.15) is 35.7 Å². The minimum absolute atomic E-state index is 0.0120. The maximum Gasteiger partial charge on any atom is 0.253 e. The highest BCUT2D eigenvalue weighted by molar-refractivity contribution is 5.93. The molecule has 1 aromatic carbocycles. The van der Waals surface area contributed by atoms with Gasteiger partial charge < -0.3 is 15.1 Å². The van der Waals surface area contributed by atoms with Crippen molar-refractivity contribution in [1.29, 1.82) is 0 Å². The van der Waals surface area contributed by atoms with Gasteiger partial charge in [-0.25, -0.2) is 0 Å². The Kier molecular flexibility index (Phi) is 7.60. The van der Waals surface area contributed by atoms with Crippen LogP contribution in [0.25, 0.3) is 0 Å². The first-order valence-electron chi connectivity index (χ1n) is 7.72. The van der Waals surface area contributed by atoms with Crippen molar-refractivity contribution < 1.29 is 9.59 Å². The second-order valence-corrected chi connectivity index (χ2v) is 5.51. The predicted octanol–water partition coefficient (Wildman–Crippen LogP) is 1.74. The smallest absolute Gasteiger partial charge is 0.253 e. The highest BCUT2D eigenvalue weighted by atomic mass is 16.2. The summed E-state index contributed by atoms with van der Waals surface area (Å²) in [5, 5.41) is 3.05. The van der Waals surface area contributed by atoms with Gasteiger partial charge in [-0.3, -0.25) is 9.59 Å². The lowest BCUT2D eigenvalue weighted by Crippen LogP contribution is -2.30. The van der Waals surface area contributed by atoms with Crippen LogP contribution in [-0.4, -0.2) is 55.8 Å². The molecule has 5 nitrogen and oxygen atoms in total. The topological polar surface area (TPSA) is 52.7 Å². The average Bonchev–Trinajstić information content (AvgIpc) is 2.52. The monoisotopic (exact) mass is 305 g/mol. The van der Waals surface area contributed by atoms with Gasteiger partial charge >= 0.3 is 0 Å². The summed E-state index contributed by atoms with van der Waals surface area (Å²) in [5.74, 6) is 0.160. The van der Waals surface area contributed by atoms with Gasteiger partial charge in [-0.05, 0) is 44.6 Å². The Labute approximate surface area is 133 Å². The van der Waals surface area contributed by atoms with Crippen molar-refractivity contribution in [2.24, 2.45) is 0 Å². The molecule has 0 radical (unpaired) electrons. The second-order valence-electron chi connectivity index (χ2n) is 5.51. The van der Waals surface area contributed by atoms with E-state index in [2.05, 4.69) is 5.32 Å². The molecule has 0 saturated heterocycles. The van der Waals surface area contributed by atoms with Gasteiger partial charge in [0, 0.05) is 39.2 Å². The molecule has 0 spiro atoms. The van der Waals surface area contributed by atoms with E-state index in [1.165, 1.54) is 0 Å². The van der Waals surface area contributed by atoms with Gasteiger partial charge in [0.15, 0.2) is 0 Å². The molecule has 0 aromatic heterocycles. The number of carbonyl (C=O) groups is 2. The van der Waals surface area contributed by atoms with Gasteiger partial charge in [-0.2, -0.15) is 0 Å². The highest BCUT2D eigenvalue weighted by Crippen LogP contribution is 2.10. The molecule has 5 heteroatoms. The number of benzene rings is 1. The molecule has 0 bridgehead atoms. The third kappa shape index (κ3) is 5.48. The normalized spacial score (nSPS) is 10.4. The van der Waals surface area contributed by atoms with Crippen molar-refractivity contribution in [2.45, 2.75) is 26.3 Å². The Morgan fingerprint density at radius 3 is 2.27 bits per heavy atom. The summed E-state index contributed by atoms with van der Waals surface area (Å²) in [5.41, 5.74) is 1.70. The molecule has 22 heavy (non-hydrogen) atoms. The van der Waals surface area contributed by atoms with Crippen LogP contribution < -0.4 is 5.32 Å². The molecule has 0 fully saturated rings. The van der Waals surface area contributed by atoms with Gasteiger partial charge in [0.2, 0.25) is 5.91 Å². The minimum Gasteiger partial charge on any atom is -0.345 e. The summed E-state index contributed by atoms with van der Waals surface area (Å²) < 4.78 is 0. The average molecular weight is 305 g/mol. The first kappa shape index (κ1) is 18.2. The molecule has 1 rings (SSSR count). The van der Waals surface area contributed by atoms with Crippen molar-refractivity contribution in [3.8, 4) is 0 Å². The van der Waals surface area contributed by atoms with Crippen LogP contribution in [0.15, 0.2) is 24.3 Å². The van der Waals surface area contributed by atoms with Crippen LogP contribution in [-0.2, 0) is 11.3 Å². The Bertz CT molecular complexity index is 483. The molecule has 0 aliphatic rings. The summed E-state index contributed by atoms with van der Waals surface area (Å²) in [6, 6.07) is 7.47. The molecule has 1 N–H and O–H groups in total. The van der Waals surface area contributed by atoms with E-state index in [1.54, 1.807) is 19.0 Å². The molecule has 0 atom stereocenters. The molecular formula is C17H27N3O2. The largest absolute Gasteiger partial charge is 0.345 e. The lowest BCUT2D eigenvalue weighted by molar-refractivity contribution is -0.131. The summed E-state index contributed by atoms with van der Waals surface area (Å²) in [4.78, 5) is 27.4. The first-order chi connectivity index (χ1) is 10.5. The molecule has 0 saturated carbocycles. The van der Waals surface area contributed by atoms with E-state index in [0.717, 1.165) is 18.5 Å². The molecule has 0 heterocycles. The minimum atomic E-state index is -0.0120. The SMILES string of the molecule is CCN(Cc1ccc(C(=O)N(C)C)cc1)C(=O)CCCNC. The van der Waals surface area contributed by atoms with Gasteiger partial charge in [-0.15, -0.1) is 0 Å². The Balaban J connectivity index is 2.63. The Hall–Kier alpha value is -1.88. The van der Waals surface area contributed by atoms with Crippen LogP contribution in [0.3, 0.4) is 0 Å². The molecule has 0 unspecified atom stereocenters. The van der Waals surface area contributed by atoms with Crippen LogP contribution in [0.5, 0.6) is 0 Å². The number of rotatable bonds is 8. The fraction of sp³-hybridized carbons (Fsp3) is 0.529. The molecule has 0 aliphatic heterocycles. The summed E-state index contributed by atoms with van der Waals surface area (Å²) >= 11 is 0. The van der Waals surface area contributed by atoms with E-state index in [9.17, 15) is 9.59 Å². The van der Waals surface area contributed by atoms with E-state index < -0.39 is 0 Å². The van der Waals surface area contributed by atoms with Crippen LogP contribution >= 0.6 is 0 Å². The molecule has 1 aromatic rings. The molecule has 122 valence electrons. The first-order valence-corrected chi connectivity index (χ1v) is 7.72. The lowest BCUT2D eigenvalue weighted by Gasteiger charge is -2.21. The van der Waals surface area contributed by atoms with Gasteiger partial charge in [0.05, 0.1) is 0 Å². The quantitative estimate of drug-likeness (QED) is 0.744. The van der Waals surface area contributed by atoms with Gasteiger partial charge in [0.1, 0.15) is 0 Å². The second kappa shape index (κ2) is 9.20. The van der Waals surface area contributed by atoms with Gasteiger partial charge in [-0.1, -0.05) is 12.1 Å². The third-order valence-electron chi connectivity index (χ3n) is 3.53. The summed E-state index contributed by atoms with van der Waals surface area (Å²) in [6.07, 6.45) is 1.41. The Morgan fingerprint density at radius 2 is 1.77 bits per heavy atom. The number of carbonyl (C=O) groups excluding carboxylic acids is 2. The number of nitrogens with zero attached hydrogens (tertiary/aromatic N) is 2. The van der Waals surface area contributed by atoms with Crippen LogP contribution in [0, 0.1) is 0 Å². The van der Waals surface area contributed by atoms with Crippen molar-refractivity contribution in [3.05, 3.63) is 35.4 Å². The van der Waals surface area contributed by atoms with Gasteiger partial charge in [0.25, 0.3) is 5.91 Å². The standard InChI is InChI=1S/C17H27N3O2/c1-5-20(16(21)7-6-12-18-2)13-14-8-10-15(11-9-14)17(22)19(3)4/h8-11,18H,5-7,12-13H2,1-4H3. The summed E-state index contributed by atoms with van der Waals surface area (Å²) in [6.45, 7) is 4.12. The van der Waals surface area contributed by atoms with Crippen LogP contribution in [0.4, 0.5) is 0 Å². The number of hydrogen-bond acceptors (Lipinski definition) is 3.